The summed E-state index contributed by atoms with van der Waals surface area (Å²) in [4.78, 5) is 0. The Morgan fingerprint density at radius 1 is 1.67 bits per heavy atom. The number of rotatable bonds is 3. The van der Waals surface area contributed by atoms with Crippen molar-refractivity contribution < 1.29 is 9.84 Å². The number of nitrogens with zero attached hydrogens (tertiary/aromatic N) is 1. The summed E-state index contributed by atoms with van der Waals surface area (Å²) in [7, 11) is 0. The van der Waals surface area contributed by atoms with Crippen LogP contribution >= 0.6 is 0 Å². The van der Waals surface area contributed by atoms with Gasteiger partial charge in [-0.05, 0) is 12.8 Å². The molecule has 0 atom stereocenters. The van der Waals surface area contributed by atoms with Crippen LogP contribution in [0.25, 0.3) is 0 Å². The molecule has 0 bridgehead atoms. The van der Waals surface area contributed by atoms with Gasteiger partial charge in [0.1, 0.15) is 0 Å². The second kappa shape index (κ2) is 2.34. The normalized spacial score (nSPS) is 20.9. The zero-order chi connectivity index (χ0) is 6.74. The molecule has 0 aromatic carbocycles. The quantitative estimate of drug-likeness (QED) is 0.582. The van der Waals surface area contributed by atoms with Crippen molar-refractivity contribution in [2.45, 2.75) is 18.4 Å². The second-order valence-corrected chi connectivity index (χ2v) is 2.18. The Hall–Kier alpha value is -0.590. The molecule has 9 heavy (non-hydrogen) atoms. The number of nitriles is 1. The van der Waals surface area contributed by atoms with Gasteiger partial charge in [-0.25, -0.2) is 0 Å². The SMILES string of the molecule is N#CC1(OCCO)CC1. The first-order valence-electron chi connectivity index (χ1n) is 2.99. The van der Waals surface area contributed by atoms with Crippen molar-refractivity contribution >= 4 is 0 Å². The van der Waals surface area contributed by atoms with Crippen molar-refractivity contribution in [1.82, 2.24) is 0 Å². The molecule has 0 aromatic rings. The van der Waals surface area contributed by atoms with Gasteiger partial charge in [-0.2, -0.15) is 5.26 Å². The maximum Gasteiger partial charge on any atom is 0.154 e. The lowest BCUT2D eigenvalue weighted by Gasteiger charge is -2.03. The average Bonchev–Trinajstić information content (AvgIpc) is 2.65. The number of hydrogen-bond donors (Lipinski definition) is 1. The third kappa shape index (κ3) is 1.41. The number of ether oxygens (including phenoxy) is 1. The van der Waals surface area contributed by atoms with Gasteiger partial charge in [-0.1, -0.05) is 0 Å². The zero-order valence-electron chi connectivity index (χ0n) is 5.13. The highest BCUT2D eigenvalue weighted by atomic mass is 16.5. The van der Waals surface area contributed by atoms with E-state index in [2.05, 4.69) is 6.07 Å². The Morgan fingerprint density at radius 2 is 2.33 bits per heavy atom. The van der Waals surface area contributed by atoms with E-state index in [0.29, 0.717) is 0 Å². The summed E-state index contributed by atoms with van der Waals surface area (Å²) in [5.74, 6) is 0. The van der Waals surface area contributed by atoms with E-state index >= 15 is 0 Å². The Bertz CT molecular complexity index is 134. The molecule has 0 spiro atoms. The highest BCUT2D eigenvalue weighted by molar-refractivity contribution is 5.13. The first kappa shape index (κ1) is 6.53. The molecule has 1 aliphatic carbocycles. The van der Waals surface area contributed by atoms with Crippen LogP contribution in [0.15, 0.2) is 0 Å². The third-order valence-corrected chi connectivity index (χ3v) is 1.38. The molecule has 1 saturated carbocycles. The maximum absolute atomic E-state index is 8.43. The number of aliphatic hydroxyl groups is 1. The second-order valence-electron chi connectivity index (χ2n) is 2.18. The van der Waals surface area contributed by atoms with Crippen molar-refractivity contribution in [3.05, 3.63) is 0 Å². The molecular formula is C6H9NO2. The van der Waals surface area contributed by atoms with Gasteiger partial charge in [0.05, 0.1) is 19.3 Å². The highest BCUT2D eigenvalue weighted by Crippen LogP contribution is 2.38. The molecule has 0 saturated heterocycles. The molecule has 3 nitrogen and oxygen atoms in total. The predicted molar refractivity (Wildman–Crippen MR) is 30.6 cm³/mol. The first-order chi connectivity index (χ1) is 4.33. The molecule has 1 rings (SSSR count). The molecule has 0 heterocycles. The number of hydrogen-bond acceptors (Lipinski definition) is 3. The molecule has 1 N–H and O–H groups in total. The smallest absolute Gasteiger partial charge is 0.154 e. The summed E-state index contributed by atoms with van der Waals surface area (Å²) < 4.78 is 5.03. The lowest BCUT2D eigenvalue weighted by atomic mass is 10.4. The fraction of sp³-hybridized carbons (Fsp3) is 0.833. The van der Waals surface area contributed by atoms with Crippen LogP contribution in [0, 0.1) is 11.3 Å². The van der Waals surface area contributed by atoms with Gasteiger partial charge in [0, 0.05) is 0 Å². The molecule has 50 valence electrons. The van der Waals surface area contributed by atoms with Crippen molar-refractivity contribution in [3.63, 3.8) is 0 Å². The largest absolute Gasteiger partial charge is 0.394 e. The molecule has 0 aliphatic heterocycles. The topological polar surface area (TPSA) is 53.2 Å². The Balaban J connectivity index is 2.20. The van der Waals surface area contributed by atoms with Gasteiger partial charge in [0.2, 0.25) is 0 Å². The van der Waals surface area contributed by atoms with E-state index in [4.69, 9.17) is 15.1 Å². The van der Waals surface area contributed by atoms with E-state index in [9.17, 15) is 0 Å². The molecule has 3 heteroatoms. The minimum atomic E-state index is -0.511. The van der Waals surface area contributed by atoms with Crippen LogP contribution in [0.2, 0.25) is 0 Å². The zero-order valence-corrected chi connectivity index (χ0v) is 5.13. The lowest BCUT2D eigenvalue weighted by Crippen LogP contribution is -2.13. The van der Waals surface area contributed by atoms with E-state index in [-0.39, 0.29) is 13.2 Å². The molecule has 0 aromatic heterocycles. The van der Waals surface area contributed by atoms with E-state index in [1.807, 2.05) is 0 Å². The Kier molecular flexibility index (Phi) is 1.70. The maximum atomic E-state index is 8.43. The van der Waals surface area contributed by atoms with Gasteiger partial charge in [-0.15, -0.1) is 0 Å². The minimum Gasteiger partial charge on any atom is -0.394 e. The Morgan fingerprint density at radius 3 is 2.67 bits per heavy atom. The van der Waals surface area contributed by atoms with E-state index in [1.54, 1.807) is 0 Å². The van der Waals surface area contributed by atoms with Crippen LogP contribution in [0.4, 0.5) is 0 Å². The molecule has 0 unspecified atom stereocenters. The van der Waals surface area contributed by atoms with E-state index < -0.39 is 5.60 Å². The molecule has 0 amide bonds. The van der Waals surface area contributed by atoms with Crippen molar-refractivity contribution in [1.29, 1.82) is 5.26 Å². The van der Waals surface area contributed by atoms with Crippen molar-refractivity contribution in [2.75, 3.05) is 13.2 Å². The van der Waals surface area contributed by atoms with Gasteiger partial charge in [0.15, 0.2) is 5.60 Å². The van der Waals surface area contributed by atoms with Gasteiger partial charge in [-0.3, -0.25) is 0 Å². The van der Waals surface area contributed by atoms with E-state index in [1.165, 1.54) is 0 Å². The third-order valence-electron chi connectivity index (χ3n) is 1.38. The van der Waals surface area contributed by atoms with Crippen LogP contribution in [-0.2, 0) is 4.74 Å². The molecular weight excluding hydrogens is 118 g/mol. The molecule has 0 radical (unpaired) electrons. The first-order valence-corrected chi connectivity index (χ1v) is 2.99. The standard InChI is InChI=1S/C6H9NO2/c7-5-6(1-2-6)9-4-3-8/h8H,1-4H2. The average molecular weight is 127 g/mol. The van der Waals surface area contributed by atoms with Crippen LogP contribution < -0.4 is 0 Å². The fourth-order valence-corrected chi connectivity index (χ4v) is 0.643. The van der Waals surface area contributed by atoms with Crippen LogP contribution in [0.1, 0.15) is 12.8 Å². The van der Waals surface area contributed by atoms with Gasteiger partial charge >= 0.3 is 0 Å². The minimum absolute atomic E-state index is 0.00340. The van der Waals surface area contributed by atoms with Crippen LogP contribution in [0.5, 0.6) is 0 Å². The fourth-order valence-electron chi connectivity index (χ4n) is 0.643. The molecule has 1 aliphatic rings. The Labute approximate surface area is 53.9 Å². The van der Waals surface area contributed by atoms with Crippen molar-refractivity contribution in [2.24, 2.45) is 0 Å². The molecule has 1 fully saturated rings. The summed E-state index contributed by atoms with van der Waals surface area (Å²) >= 11 is 0. The summed E-state index contributed by atoms with van der Waals surface area (Å²) in [5.41, 5.74) is -0.511. The summed E-state index contributed by atoms with van der Waals surface area (Å²) in [5, 5.41) is 16.7. The lowest BCUT2D eigenvalue weighted by molar-refractivity contribution is 0.0436. The van der Waals surface area contributed by atoms with Crippen molar-refractivity contribution in [3.8, 4) is 6.07 Å². The summed E-state index contributed by atoms with van der Waals surface area (Å²) in [6, 6.07) is 2.05. The van der Waals surface area contributed by atoms with Crippen LogP contribution in [0.3, 0.4) is 0 Å². The van der Waals surface area contributed by atoms with E-state index in [0.717, 1.165) is 12.8 Å². The number of aliphatic hydroxyl groups excluding tert-OH is 1. The van der Waals surface area contributed by atoms with Gasteiger partial charge in [0.25, 0.3) is 0 Å². The van der Waals surface area contributed by atoms with Gasteiger partial charge < -0.3 is 9.84 Å². The van der Waals surface area contributed by atoms with Crippen LogP contribution in [-0.4, -0.2) is 23.9 Å². The summed E-state index contributed by atoms with van der Waals surface area (Å²) in [6.45, 7) is 0.289. The predicted octanol–water partition coefficient (Wildman–Crippen LogP) is 0.0515. The highest BCUT2D eigenvalue weighted by Gasteiger charge is 2.44. The monoisotopic (exact) mass is 127 g/mol. The summed E-state index contributed by atoms with van der Waals surface area (Å²) in [6.07, 6.45) is 1.65.